The van der Waals surface area contributed by atoms with Gasteiger partial charge < -0.3 is 14.9 Å². The summed E-state index contributed by atoms with van der Waals surface area (Å²) in [5, 5.41) is 14.8. The highest BCUT2D eigenvalue weighted by Crippen LogP contribution is 2.27. The third kappa shape index (κ3) is 4.50. The van der Waals surface area contributed by atoms with E-state index < -0.39 is 5.97 Å². The fraction of sp³-hybridized carbons (Fsp3) is 0.235. The summed E-state index contributed by atoms with van der Waals surface area (Å²) < 4.78 is 10.9. The average molecular weight is 389 g/mol. The first-order chi connectivity index (χ1) is 13.1. The standard InChI is InChI=1S/C17H17ClN6O3/c1-2-3-8-26-16(25)13-9-11(4-6-14(13)18)15-7-5-12(27-15)10-20-24-17(19)21-22-23-24/h4-7,9-10H,2-3,8H2,1H3,(H2,19,21,23). The predicted molar refractivity (Wildman–Crippen MR) is 99.6 cm³/mol. The van der Waals surface area contributed by atoms with Gasteiger partial charge in [0.15, 0.2) is 0 Å². The minimum absolute atomic E-state index is 0.0574. The van der Waals surface area contributed by atoms with E-state index in [-0.39, 0.29) is 5.95 Å². The molecule has 0 unspecified atom stereocenters. The number of hydrogen-bond acceptors (Lipinski definition) is 8. The number of carbonyl (C=O) groups is 1. The van der Waals surface area contributed by atoms with E-state index in [1.807, 2.05) is 6.92 Å². The molecule has 0 atom stereocenters. The van der Waals surface area contributed by atoms with Crippen molar-refractivity contribution in [2.45, 2.75) is 19.8 Å². The molecule has 0 saturated heterocycles. The lowest BCUT2D eigenvalue weighted by molar-refractivity contribution is 0.0500. The molecule has 2 aromatic heterocycles. The number of tetrazole rings is 1. The van der Waals surface area contributed by atoms with Gasteiger partial charge in [0.25, 0.3) is 5.95 Å². The first-order valence-corrected chi connectivity index (χ1v) is 8.61. The molecule has 0 bridgehead atoms. The molecule has 2 heterocycles. The van der Waals surface area contributed by atoms with Crippen molar-refractivity contribution in [2.24, 2.45) is 5.10 Å². The molecule has 2 N–H and O–H groups in total. The van der Waals surface area contributed by atoms with Crippen LogP contribution >= 0.6 is 11.6 Å². The highest BCUT2D eigenvalue weighted by atomic mass is 35.5. The van der Waals surface area contributed by atoms with E-state index in [0.717, 1.165) is 17.6 Å². The van der Waals surface area contributed by atoms with Crippen LogP contribution in [0, 0.1) is 0 Å². The van der Waals surface area contributed by atoms with Crippen LogP contribution in [-0.2, 0) is 4.74 Å². The highest BCUT2D eigenvalue weighted by molar-refractivity contribution is 6.33. The van der Waals surface area contributed by atoms with Crippen LogP contribution < -0.4 is 5.73 Å². The molecule has 10 heteroatoms. The molecule has 0 fully saturated rings. The van der Waals surface area contributed by atoms with Gasteiger partial charge in [-0.05, 0) is 47.2 Å². The number of unbranched alkanes of at least 4 members (excludes halogenated alkanes) is 1. The fourth-order valence-electron chi connectivity index (χ4n) is 2.18. The Morgan fingerprint density at radius 2 is 2.26 bits per heavy atom. The zero-order chi connectivity index (χ0) is 19.2. The SMILES string of the molecule is CCCCOC(=O)c1cc(-c2ccc(C=Nn3nnnc3N)o2)ccc1Cl. The Morgan fingerprint density at radius 1 is 1.41 bits per heavy atom. The van der Waals surface area contributed by atoms with Gasteiger partial charge in [0.1, 0.15) is 11.5 Å². The Balaban J connectivity index is 1.78. The lowest BCUT2D eigenvalue weighted by Gasteiger charge is -2.07. The van der Waals surface area contributed by atoms with Crippen LogP contribution in [0.15, 0.2) is 39.9 Å². The van der Waals surface area contributed by atoms with Gasteiger partial charge in [-0.3, -0.25) is 0 Å². The van der Waals surface area contributed by atoms with Gasteiger partial charge in [0.05, 0.1) is 23.4 Å². The number of furan rings is 1. The maximum Gasteiger partial charge on any atom is 0.339 e. The number of ether oxygens (including phenoxy) is 1. The van der Waals surface area contributed by atoms with Gasteiger partial charge in [-0.2, -0.15) is 5.10 Å². The van der Waals surface area contributed by atoms with E-state index >= 15 is 0 Å². The van der Waals surface area contributed by atoms with Crippen LogP contribution in [0.4, 0.5) is 5.95 Å². The highest BCUT2D eigenvalue weighted by Gasteiger charge is 2.14. The van der Waals surface area contributed by atoms with Gasteiger partial charge in [-0.1, -0.05) is 34.8 Å². The molecule has 0 aliphatic heterocycles. The second kappa shape index (κ2) is 8.45. The number of nitrogens with two attached hydrogens (primary N) is 1. The lowest BCUT2D eigenvalue weighted by atomic mass is 10.1. The summed E-state index contributed by atoms with van der Waals surface area (Å²) in [5.74, 6) is 0.599. The van der Waals surface area contributed by atoms with Crippen LogP contribution in [-0.4, -0.2) is 39.1 Å². The maximum absolute atomic E-state index is 12.2. The Labute approximate surface area is 159 Å². The summed E-state index contributed by atoms with van der Waals surface area (Å²) >= 11 is 6.13. The molecular formula is C17H17ClN6O3. The zero-order valence-electron chi connectivity index (χ0n) is 14.5. The number of halogens is 1. The van der Waals surface area contributed by atoms with Crippen molar-refractivity contribution in [3.8, 4) is 11.3 Å². The van der Waals surface area contributed by atoms with Gasteiger partial charge >= 0.3 is 5.97 Å². The molecule has 0 spiro atoms. The first kappa shape index (κ1) is 18.6. The smallest absolute Gasteiger partial charge is 0.339 e. The molecule has 9 nitrogen and oxygen atoms in total. The van der Waals surface area contributed by atoms with Gasteiger partial charge in [-0.25, -0.2) is 4.79 Å². The average Bonchev–Trinajstić information content (AvgIpc) is 3.29. The molecular weight excluding hydrogens is 372 g/mol. The number of nitrogen functional groups attached to an aromatic ring is 1. The van der Waals surface area contributed by atoms with Crippen LogP contribution in [0.1, 0.15) is 35.9 Å². The number of esters is 1. The summed E-state index contributed by atoms with van der Waals surface area (Å²) in [6.07, 6.45) is 3.16. The van der Waals surface area contributed by atoms with Crippen molar-refractivity contribution in [3.05, 3.63) is 46.7 Å². The van der Waals surface area contributed by atoms with Gasteiger partial charge in [-0.15, -0.1) is 0 Å². The monoisotopic (exact) mass is 388 g/mol. The fourth-order valence-corrected chi connectivity index (χ4v) is 2.38. The first-order valence-electron chi connectivity index (χ1n) is 8.23. The molecule has 0 aliphatic rings. The normalized spacial score (nSPS) is 11.2. The number of aromatic nitrogens is 4. The lowest BCUT2D eigenvalue weighted by Crippen LogP contribution is -2.07. The number of nitrogens with zero attached hydrogens (tertiary/aromatic N) is 5. The zero-order valence-corrected chi connectivity index (χ0v) is 15.3. The second-order valence-corrected chi connectivity index (χ2v) is 5.96. The Hall–Kier alpha value is -3.20. The number of rotatable bonds is 7. The van der Waals surface area contributed by atoms with Crippen molar-refractivity contribution < 1.29 is 13.9 Å². The molecule has 0 saturated carbocycles. The minimum atomic E-state index is -0.460. The number of benzene rings is 1. The van der Waals surface area contributed by atoms with Crippen molar-refractivity contribution in [3.63, 3.8) is 0 Å². The quantitative estimate of drug-likeness (QED) is 0.375. The molecule has 27 heavy (non-hydrogen) atoms. The van der Waals surface area contributed by atoms with Crippen molar-refractivity contribution >= 4 is 29.7 Å². The summed E-state index contributed by atoms with van der Waals surface area (Å²) in [7, 11) is 0. The topological polar surface area (TPSA) is 121 Å². The van der Waals surface area contributed by atoms with Crippen molar-refractivity contribution in [1.82, 2.24) is 20.3 Å². The summed E-state index contributed by atoms with van der Waals surface area (Å²) in [5.41, 5.74) is 6.50. The van der Waals surface area contributed by atoms with Crippen LogP contribution in [0.3, 0.4) is 0 Å². The van der Waals surface area contributed by atoms with Gasteiger partial charge in [0.2, 0.25) is 0 Å². The molecule has 1 aromatic carbocycles. The number of anilines is 1. The number of carbonyl (C=O) groups excluding carboxylic acids is 1. The van der Waals surface area contributed by atoms with Gasteiger partial charge in [0, 0.05) is 5.56 Å². The van der Waals surface area contributed by atoms with Crippen LogP contribution in [0.2, 0.25) is 5.02 Å². The Kier molecular flexibility index (Phi) is 5.82. The van der Waals surface area contributed by atoms with Crippen molar-refractivity contribution in [1.29, 1.82) is 0 Å². The van der Waals surface area contributed by atoms with E-state index in [1.165, 1.54) is 6.21 Å². The third-order valence-electron chi connectivity index (χ3n) is 3.60. The Morgan fingerprint density at radius 3 is 3.00 bits per heavy atom. The number of hydrogen-bond donors (Lipinski definition) is 1. The Bertz CT molecular complexity index is 965. The molecule has 3 aromatic rings. The van der Waals surface area contributed by atoms with E-state index in [9.17, 15) is 4.79 Å². The minimum Gasteiger partial charge on any atom is -0.462 e. The molecule has 0 amide bonds. The third-order valence-corrected chi connectivity index (χ3v) is 3.93. The van der Waals surface area contributed by atoms with E-state index in [2.05, 4.69) is 20.6 Å². The summed E-state index contributed by atoms with van der Waals surface area (Å²) in [6.45, 7) is 2.38. The predicted octanol–water partition coefficient (Wildman–Crippen LogP) is 3.01. The molecule has 0 aliphatic carbocycles. The van der Waals surface area contributed by atoms with E-state index in [4.69, 9.17) is 26.5 Å². The summed E-state index contributed by atoms with van der Waals surface area (Å²) in [6, 6.07) is 8.48. The van der Waals surface area contributed by atoms with Crippen molar-refractivity contribution in [2.75, 3.05) is 12.3 Å². The molecule has 140 valence electrons. The van der Waals surface area contributed by atoms with E-state index in [0.29, 0.717) is 34.3 Å². The molecule has 0 radical (unpaired) electrons. The van der Waals surface area contributed by atoms with E-state index in [1.54, 1.807) is 30.3 Å². The molecule has 3 rings (SSSR count). The van der Waals surface area contributed by atoms with Crippen LogP contribution in [0.5, 0.6) is 0 Å². The second-order valence-electron chi connectivity index (χ2n) is 5.56. The summed E-state index contributed by atoms with van der Waals surface area (Å²) in [4.78, 5) is 13.3. The maximum atomic E-state index is 12.2. The van der Waals surface area contributed by atoms with Crippen LogP contribution in [0.25, 0.3) is 11.3 Å². The largest absolute Gasteiger partial charge is 0.462 e.